The molecule has 0 saturated carbocycles. The van der Waals surface area contributed by atoms with E-state index in [1.165, 1.54) is 39.1 Å². The van der Waals surface area contributed by atoms with Gasteiger partial charge in [-0.05, 0) is 23.7 Å². The molecule has 33 heavy (non-hydrogen) atoms. The van der Waals surface area contributed by atoms with Gasteiger partial charge in [0.1, 0.15) is 23.8 Å². The monoisotopic (exact) mass is 461 g/mol. The summed E-state index contributed by atoms with van der Waals surface area (Å²) in [5, 5.41) is 0. The van der Waals surface area contributed by atoms with Gasteiger partial charge in [-0.15, -0.1) is 0 Å². The third-order valence-electron chi connectivity index (χ3n) is 6.66. The Morgan fingerprint density at radius 3 is 1.39 bits per heavy atom. The lowest BCUT2D eigenvalue weighted by atomic mass is 9.92. The lowest BCUT2D eigenvalue weighted by Crippen LogP contribution is -2.61. The molecule has 3 rings (SSSR count). The van der Waals surface area contributed by atoms with E-state index < -0.39 is 8.07 Å². The van der Waals surface area contributed by atoms with E-state index in [0.29, 0.717) is 23.7 Å². The number of benzene rings is 2. The van der Waals surface area contributed by atoms with E-state index in [1.54, 1.807) is 0 Å². The van der Waals surface area contributed by atoms with Crippen LogP contribution in [0.25, 0.3) is 11.4 Å². The summed E-state index contributed by atoms with van der Waals surface area (Å²) >= 11 is 0. The van der Waals surface area contributed by atoms with Gasteiger partial charge in [-0.1, -0.05) is 111 Å². The van der Waals surface area contributed by atoms with E-state index in [2.05, 4.69) is 133 Å². The molecular weight excluding hydrogens is 416 g/mol. The molecule has 3 aromatic rings. The van der Waals surface area contributed by atoms with Crippen molar-refractivity contribution in [3.05, 3.63) is 71.0 Å². The first-order valence-electron chi connectivity index (χ1n) is 12.8. The molecule has 0 N–H and O–H groups in total. The number of nitrogens with zero attached hydrogens (tertiary/aromatic N) is 2. The summed E-state index contributed by atoms with van der Waals surface area (Å²) in [5.74, 6) is 1.88. The molecule has 0 fully saturated rings. The Morgan fingerprint density at radius 1 is 0.636 bits per heavy atom. The van der Waals surface area contributed by atoms with Gasteiger partial charge in [-0.2, -0.15) is 0 Å². The standard InChI is InChI=1S/C30H45N2Si/c1-20(2)24-14-12-15-25(21(3)4)28(24)31-18-19-32(30(31)33(9,10)11)29-26(22(5)6)16-13-17-27(29)23(7)8/h12-23H,1-11H3/q+1. The fourth-order valence-electron chi connectivity index (χ4n) is 5.05. The van der Waals surface area contributed by atoms with Gasteiger partial charge >= 0.3 is 0 Å². The van der Waals surface area contributed by atoms with Crippen molar-refractivity contribution in [2.24, 2.45) is 0 Å². The van der Waals surface area contributed by atoms with E-state index in [-0.39, 0.29) is 0 Å². The van der Waals surface area contributed by atoms with Gasteiger partial charge in [0.15, 0.2) is 8.07 Å². The van der Waals surface area contributed by atoms with Gasteiger partial charge in [0.05, 0.1) is 0 Å². The van der Waals surface area contributed by atoms with E-state index in [4.69, 9.17) is 0 Å². The molecule has 0 bridgehead atoms. The molecule has 0 radical (unpaired) electrons. The minimum atomic E-state index is -1.74. The first-order valence-corrected chi connectivity index (χ1v) is 16.3. The van der Waals surface area contributed by atoms with Crippen molar-refractivity contribution in [1.82, 2.24) is 4.57 Å². The van der Waals surface area contributed by atoms with Crippen LogP contribution < -0.4 is 10.0 Å². The molecule has 2 aromatic carbocycles. The summed E-state index contributed by atoms with van der Waals surface area (Å²) in [5.41, 5.74) is 10.00. The minimum Gasteiger partial charge on any atom is -0.204 e. The van der Waals surface area contributed by atoms with Crippen LogP contribution in [0.5, 0.6) is 0 Å². The Morgan fingerprint density at radius 2 is 1.03 bits per heavy atom. The average Bonchev–Trinajstić information content (AvgIpc) is 3.17. The smallest absolute Gasteiger partial charge is 0.204 e. The Hall–Kier alpha value is -2.13. The fraction of sp³-hybridized carbons (Fsp3) is 0.500. The van der Waals surface area contributed by atoms with E-state index >= 15 is 0 Å². The molecule has 0 unspecified atom stereocenters. The van der Waals surface area contributed by atoms with Crippen molar-refractivity contribution in [3.8, 4) is 11.4 Å². The second-order valence-corrected chi connectivity index (χ2v) is 16.7. The predicted octanol–water partition coefficient (Wildman–Crippen LogP) is 7.79. The number of aromatic nitrogens is 2. The van der Waals surface area contributed by atoms with Crippen molar-refractivity contribution in [1.29, 1.82) is 0 Å². The highest BCUT2D eigenvalue weighted by molar-refractivity contribution is 6.87. The number of imidazole rings is 1. The second-order valence-electron chi connectivity index (χ2n) is 11.8. The van der Waals surface area contributed by atoms with Crippen molar-refractivity contribution >= 4 is 13.5 Å². The molecule has 0 aliphatic rings. The summed E-state index contributed by atoms with van der Waals surface area (Å²) in [6.07, 6.45) is 4.67. The Labute approximate surface area is 203 Å². The molecule has 0 atom stereocenters. The SMILES string of the molecule is CC(C)c1cccc(C(C)C)c1-n1cc[n+](-c2c(C(C)C)cccc2C(C)C)c1[Si](C)(C)C. The highest BCUT2D eigenvalue weighted by Crippen LogP contribution is 2.32. The van der Waals surface area contributed by atoms with Crippen LogP contribution >= 0.6 is 0 Å². The van der Waals surface area contributed by atoms with Gasteiger partial charge in [-0.25, -0.2) is 9.13 Å². The Bertz CT molecular complexity index is 977. The predicted molar refractivity (Wildman–Crippen MR) is 147 cm³/mol. The van der Waals surface area contributed by atoms with Crippen molar-refractivity contribution in [3.63, 3.8) is 0 Å². The summed E-state index contributed by atoms with van der Waals surface area (Å²) in [6, 6.07) is 13.8. The maximum absolute atomic E-state index is 2.55. The van der Waals surface area contributed by atoms with Crippen LogP contribution in [0.1, 0.15) is 101 Å². The fourth-order valence-corrected chi connectivity index (χ4v) is 6.87. The third kappa shape index (κ3) is 4.89. The summed E-state index contributed by atoms with van der Waals surface area (Å²) in [6.45, 7) is 26.0. The van der Waals surface area contributed by atoms with Gasteiger partial charge in [-0.3, -0.25) is 0 Å². The highest BCUT2D eigenvalue weighted by Gasteiger charge is 2.37. The van der Waals surface area contributed by atoms with Crippen LogP contribution in [0.4, 0.5) is 0 Å². The normalized spacial score (nSPS) is 12.6. The number of hydrogen-bond donors (Lipinski definition) is 0. The van der Waals surface area contributed by atoms with E-state index in [9.17, 15) is 0 Å². The molecule has 0 aliphatic carbocycles. The molecule has 0 saturated heterocycles. The van der Waals surface area contributed by atoms with Crippen molar-refractivity contribution in [2.75, 3.05) is 0 Å². The molecule has 178 valence electrons. The molecule has 3 heteroatoms. The minimum absolute atomic E-state index is 0.471. The zero-order chi connectivity index (χ0) is 24.7. The molecule has 1 aromatic heterocycles. The molecule has 1 heterocycles. The Balaban J connectivity index is 2.47. The maximum atomic E-state index is 2.55. The summed E-state index contributed by atoms with van der Waals surface area (Å²) < 4.78 is 5.11. The van der Waals surface area contributed by atoms with Gasteiger partial charge in [0, 0.05) is 22.3 Å². The van der Waals surface area contributed by atoms with Gasteiger partial charge in [0.25, 0.3) is 0 Å². The first kappa shape index (κ1) is 25.5. The molecule has 0 aliphatic heterocycles. The van der Waals surface area contributed by atoms with Crippen molar-refractivity contribution < 1.29 is 4.57 Å². The molecule has 0 amide bonds. The first-order chi connectivity index (χ1) is 15.4. The highest BCUT2D eigenvalue weighted by atomic mass is 28.3. The number of hydrogen-bond acceptors (Lipinski definition) is 0. The largest absolute Gasteiger partial charge is 0.230 e. The molecular formula is C30H45N2Si+. The molecule has 2 nitrogen and oxygen atoms in total. The number of rotatable bonds is 7. The zero-order valence-electron chi connectivity index (χ0n) is 22.8. The Kier molecular flexibility index (Phi) is 7.43. The topological polar surface area (TPSA) is 8.81 Å². The maximum Gasteiger partial charge on any atom is 0.230 e. The van der Waals surface area contributed by atoms with Gasteiger partial charge < -0.3 is 0 Å². The lowest BCUT2D eigenvalue weighted by Gasteiger charge is -2.23. The van der Waals surface area contributed by atoms with Crippen LogP contribution in [0.15, 0.2) is 48.8 Å². The summed E-state index contributed by atoms with van der Waals surface area (Å²) in [7, 11) is -1.74. The van der Waals surface area contributed by atoms with Crippen LogP contribution in [0.3, 0.4) is 0 Å². The molecule has 0 spiro atoms. The zero-order valence-corrected chi connectivity index (χ0v) is 23.8. The van der Waals surface area contributed by atoms with E-state index in [0.717, 1.165) is 0 Å². The van der Waals surface area contributed by atoms with Gasteiger partial charge in [0.2, 0.25) is 5.45 Å². The average molecular weight is 462 g/mol. The van der Waals surface area contributed by atoms with Crippen molar-refractivity contribution in [2.45, 2.75) is 98.7 Å². The lowest BCUT2D eigenvalue weighted by molar-refractivity contribution is -0.577. The van der Waals surface area contributed by atoms with E-state index in [1.807, 2.05) is 0 Å². The van der Waals surface area contributed by atoms with Crippen LogP contribution in [0, 0.1) is 0 Å². The van der Waals surface area contributed by atoms with Crippen LogP contribution in [-0.4, -0.2) is 12.6 Å². The van der Waals surface area contributed by atoms with Crippen LogP contribution in [0.2, 0.25) is 19.6 Å². The second kappa shape index (κ2) is 9.62. The summed E-state index contributed by atoms with van der Waals surface area (Å²) in [4.78, 5) is 0. The van der Waals surface area contributed by atoms with Crippen LogP contribution in [-0.2, 0) is 0 Å². The quantitative estimate of drug-likeness (QED) is 0.251. The third-order valence-corrected chi connectivity index (χ3v) is 8.48. The number of para-hydroxylation sites is 2.